The second-order valence-electron chi connectivity index (χ2n) is 8.63. The molecule has 3 heterocycles. The van der Waals surface area contributed by atoms with E-state index >= 15 is 0 Å². The maximum atomic E-state index is 13.5. The van der Waals surface area contributed by atoms with Crippen molar-refractivity contribution in [3.63, 3.8) is 0 Å². The van der Waals surface area contributed by atoms with Crippen molar-refractivity contribution >= 4 is 28.6 Å². The molecule has 9 nitrogen and oxygen atoms in total. The van der Waals surface area contributed by atoms with Gasteiger partial charge < -0.3 is 30.0 Å². The smallest absolute Gasteiger partial charge is 0.271 e. The standard InChI is InChI=1S/C25H30N4O5/c1-4-16(11-15-9-10-26-23(15)30)27-24(31)21-12-17(34-5-2)14-29(21)25(32)20-13-18-19(28-20)7-6-8-22(18)33-3/h1,6-8,13,15-17,21,28H,5,9-12,14H2,2-3H3,(H,26,30)(H,27,31). The summed E-state index contributed by atoms with van der Waals surface area (Å²) in [4.78, 5) is 43.3. The number of likely N-dealkylation sites (tertiary alicyclic amines) is 1. The van der Waals surface area contributed by atoms with Gasteiger partial charge in [0.05, 0.1) is 19.3 Å². The van der Waals surface area contributed by atoms with E-state index in [1.807, 2.05) is 25.1 Å². The summed E-state index contributed by atoms with van der Waals surface area (Å²) in [5, 5.41) is 6.44. The van der Waals surface area contributed by atoms with Gasteiger partial charge in [-0.15, -0.1) is 6.42 Å². The Kier molecular flexibility index (Phi) is 7.08. The molecule has 4 rings (SSSR count). The van der Waals surface area contributed by atoms with Crippen LogP contribution in [0.3, 0.4) is 0 Å². The zero-order chi connectivity index (χ0) is 24.2. The Balaban J connectivity index is 1.53. The van der Waals surface area contributed by atoms with Crippen LogP contribution in [0.15, 0.2) is 24.3 Å². The molecule has 0 saturated carbocycles. The van der Waals surface area contributed by atoms with E-state index in [4.69, 9.17) is 15.9 Å². The third kappa shape index (κ3) is 4.73. The number of ether oxygens (including phenoxy) is 2. The molecule has 4 atom stereocenters. The fraction of sp³-hybridized carbons (Fsp3) is 0.480. The van der Waals surface area contributed by atoms with Crippen molar-refractivity contribution in [2.45, 2.75) is 44.4 Å². The summed E-state index contributed by atoms with van der Waals surface area (Å²) in [6, 6.07) is 5.94. The molecular weight excluding hydrogens is 436 g/mol. The number of aromatic nitrogens is 1. The van der Waals surface area contributed by atoms with Gasteiger partial charge in [0, 0.05) is 42.9 Å². The fourth-order valence-electron chi connectivity index (χ4n) is 4.79. The molecule has 2 aromatic rings. The molecule has 0 spiro atoms. The number of rotatable bonds is 8. The van der Waals surface area contributed by atoms with Crippen molar-refractivity contribution < 1.29 is 23.9 Å². The third-order valence-electron chi connectivity index (χ3n) is 6.50. The topological polar surface area (TPSA) is 113 Å². The Morgan fingerprint density at radius 2 is 2.21 bits per heavy atom. The number of terminal acetylenes is 1. The lowest BCUT2D eigenvalue weighted by Crippen LogP contribution is -2.49. The second kappa shape index (κ2) is 10.2. The number of hydrogen-bond donors (Lipinski definition) is 3. The van der Waals surface area contributed by atoms with Gasteiger partial charge in [-0.3, -0.25) is 14.4 Å². The maximum Gasteiger partial charge on any atom is 0.271 e. The molecule has 180 valence electrons. The predicted molar refractivity (Wildman–Crippen MR) is 126 cm³/mol. The first-order valence-corrected chi connectivity index (χ1v) is 11.6. The minimum Gasteiger partial charge on any atom is -0.496 e. The number of H-pyrrole nitrogens is 1. The summed E-state index contributed by atoms with van der Waals surface area (Å²) < 4.78 is 11.1. The number of nitrogens with one attached hydrogen (secondary N) is 3. The van der Waals surface area contributed by atoms with Crippen LogP contribution in [0.2, 0.25) is 0 Å². The molecule has 1 aromatic carbocycles. The van der Waals surface area contributed by atoms with Gasteiger partial charge in [0.15, 0.2) is 0 Å². The molecule has 4 unspecified atom stereocenters. The molecule has 2 fully saturated rings. The molecule has 0 bridgehead atoms. The summed E-state index contributed by atoms with van der Waals surface area (Å²) >= 11 is 0. The van der Waals surface area contributed by atoms with Crippen molar-refractivity contribution in [1.82, 2.24) is 20.5 Å². The number of nitrogens with zero attached hydrogens (tertiary/aromatic N) is 1. The number of fused-ring (bicyclic) bond motifs is 1. The van der Waals surface area contributed by atoms with Gasteiger partial charge >= 0.3 is 0 Å². The molecule has 9 heteroatoms. The Morgan fingerprint density at radius 3 is 2.88 bits per heavy atom. The number of carbonyl (C=O) groups is 3. The maximum absolute atomic E-state index is 13.5. The first-order valence-electron chi connectivity index (χ1n) is 11.6. The summed E-state index contributed by atoms with van der Waals surface area (Å²) in [5.41, 5.74) is 1.14. The lowest BCUT2D eigenvalue weighted by Gasteiger charge is -2.25. The van der Waals surface area contributed by atoms with Crippen LogP contribution in [-0.4, -0.2) is 72.6 Å². The summed E-state index contributed by atoms with van der Waals surface area (Å²) in [6.07, 6.45) is 6.83. The van der Waals surface area contributed by atoms with E-state index < -0.39 is 12.1 Å². The van der Waals surface area contributed by atoms with Gasteiger partial charge in [-0.25, -0.2) is 0 Å². The van der Waals surface area contributed by atoms with Crippen LogP contribution < -0.4 is 15.4 Å². The molecular formula is C25H30N4O5. The van der Waals surface area contributed by atoms with E-state index in [0.717, 1.165) is 10.9 Å². The summed E-state index contributed by atoms with van der Waals surface area (Å²) in [6.45, 7) is 3.27. The highest BCUT2D eigenvalue weighted by Crippen LogP contribution is 2.29. The SMILES string of the molecule is C#CC(CC1CCNC1=O)NC(=O)C1CC(OCC)CN1C(=O)c1cc2c(OC)cccc2[nH]1. The molecule has 2 aliphatic rings. The van der Waals surface area contributed by atoms with Gasteiger partial charge in [-0.05, 0) is 38.0 Å². The van der Waals surface area contributed by atoms with E-state index in [1.54, 1.807) is 13.2 Å². The van der Waals surface area contributed by atoms with E-state index in [-0.39, 0.29) is 29.7 Å². The number of methoxy groups -OCH3 is 1. The van der Waals surface area contributed by atoms with Crippen molar-refractivity contribution in [1.29, 1.82) is 0 Å². The summed E-state index contributed by atoms with van der Waals surface area (Å²) in [5.74, 6) is 2.33. The quantitative estimate of drug-likeness (QED) is 0.510. The average molecular weight is 467 g/mol. The van der Waals surface area contributed by atoms with Crippen LogP contribution in [0.1, 0.15) is 36.7 Å². The van der Waals surface area contributed by atoms with Gasteiger partial charge in [-0.2, -0.15) is 0 Å². The van der Waals surface area contributed by atoms with E-state index in [9.17, 15) is 14.4 Å². The van der Waals surface area contributed by atoms with Gasteiger partial charge in [0.1, 0.15) is 17.5 Å². The minimum atomic E-state index is -0.731. The lowest BCUT2D eigenvalue weighted by molar-refractivity contribution is -0.126. The van der Waals surface area contributed by atoms with Crippen molar-refractivity contribution in [3.05, 3.63) is 30.0 Å². The zero-order valence-corrected chi connectivity index (χ0v) is 19.4. The Morgan fingerprint density at radius 1 is 1.38 bits per heavy atom. The Bertz CT molecular complexity index is 1120. The molecule has 0 aliphatic carbocycles. The average Bonchev–Trinajstić information content (AvgIpc) is 3.56. The molecule has 3 N–H and O–H groups in total. The molecule has 2 aliphatic heterocycles. The number of amides is 3. The number of carbonyl (C=O) groups excluding carboxylic acids is 3. The van der Waals surface area contributed by atoms with E-state index in [1.165, 1.54) is 4.90 Å². The van der Waals surface area contributed by atoms with Gasteiger partial charge in [0.2, 0.25) is 11.8 Å². The minimum absolute atomic E-state index is 0.0437. The summed E-state index contributed by atoms with van der Waals surface area (Å²) in [7, 11) is 1.58. The van der Waals surface area contributed by atoms with Crippen molar-refractivity contribution in [3.8, 4) is 18.1 Å². The van der Waals surface area contributed by atoms with E-state index in [0.29, 0.717) is 50.4 Å². The first kappa shape index (κ1) is 23.6. The molecule has 0 radical (unpaired) electrons. The number of hydrogen-bond acceptors (Lipinski definition) is 5. The normalized spacial score (nSPS) is 22.9. The molecule has 1 aromatic heterocycles. The van der Waals surface area contributed by atoms with Gasteiger partial charge in [0.25, 0.3) is 5.91 Å². The molecule has 34 heavy (non-hydrogen) atoms. The van der Waals surface area contributed by atoms with E-state index in [2.05, 4.69) is 21.5 Å². The van der Waals surface area contributed by atoms with Crippen LogP contribution in [0.4, 0.5) is 0 Å². The highest BCUT2D eigenvalue weighted by Gasteiger charge is 2.41. The highest BCUT2D eigenvalue weighted by atomic mass is 16.5. The first-order chi connectivity index (χ1) is 16.4. The van der Waals surface area contributed by atoms with Crippen molar-refractivity contribution in [2.24, 2.45) is 5.92 Å². The van der Waals surface area contributed by atoms with Crippen LogP contribution >= 0.6 is 0 Å². The molecule has 2 saturated heterocycles. The zero-order valence-electron chi connectivity index (χ0n) is 19.4. The van der Waals surface area contributed by atoms with Crippen LogP contribution in [0.25, 0.3) is 10.9 Å². The van der Waals surface area contributed by atoms with Gasteiger partial charge in [-0.1, -0.05) is 12.0 Å². The van der Waals surface area contributed by atoms with Crippen LogP contribution in [0, 0.1) is 18.3 Å². The van der Waals surface area contributed by atoms with Crippen LogP contribution in [-0.2, 0) is 14.3 Å². The molecule has 3 amide bonds. The second-order valence-corrected chi connectivity index (χ2v) is 8.63. The highest BCUT2D eigenvalue weighted by molar-refractivity contribution is 6.01. The Labute approximate surface area is 198 Å². The van der Waals surface area contributed by atoms with Crippen LogP contribution in [0.5, 0.6) is 5.75 Å². The fourth-order valence-corrected chi connectivity index (χ4v) is 4.79. The largest absolute Gasteiger partial charge is 0.496 e. The number of benzene rings is 1. The Hall–Kier alpha value is -3.51. The third-order valence-corrected chi connectivity index (χ3v) is 6.50. The lowest BCUT2D eigenvalue weighted by atomic mass is 9.98. The van der Waals surface area contributed by atoms with Crippen molar-refractivity contribution in [2.75, 3.05) is 26.8 Å². The monoisotopic (exact) mass is 466 g/mol. The predicted octanol–water partition coefficient (Wildman–Crippen LogP) is 1.44. The number of aromatic amines is 1.